The number of nitrogens with two attached hydrogens (primary N) is 1. The Labute approximate surface area is 100 Å². The molecule has 0 aromatic carbocycles. The van der Waals surface area contributed by atoms with Crippen LogP contribution in [-0.4, -0.2) is 37.0 Å². The van der Waals surface area contributed by atoms with E-state index in [-0.39, 0.29) is 31.6 Å². The van der Waals surface area contributed by atoms with Gasteiger partial charge in [-0.25, -0.2) is 4.89 Å². The van der Waals surface area contributed by atoms with Gasteiger partial charge >= 0.3 is 13.6 Å². The SMILES string of the molecule is CCOOP(=O)(CCC(N)C(=O)O)OC.Cl. The second-order valence-corrected chi connectivity index (χ2v) is 4.91. The Morgan fingerprint density at radius 3 is 2.50 bits per heavy atom. The first-order valence-electron chi connectivity index (χ1n) is 4.39. The number of hydrogen-bond acceptors (Lipinski definition) is 6. The Balaban J connectivity index is 0. The van der Waals surface area contributed by atoms with Gasteiger partial charge in [0.15, 0.2) is 0 Å². The van der Waals surface area contributed by atoms with E-state index in [1.165, 1.54) is 7.11 Å². The fourth-order valence-electron chi connectivity index (χ4n) is 0.713. The van der Waals surface area contributed by atoms with Gasteiger partial charge in [-0.2, -0.15) is 0 Å². The highest BCUT2D eigenvalue weighted by molar-refractivity contribution is 7.53. The highest BCUT2D eigenvalue weighted by atomic mass is 35.5. The molecule has 0 aromatic rings. The molecule has 0 spiro atoms. The number of aliphatic carboxylic acids is 1. The van der Waals surface area contributed by atoms with Crippen LogP contribution in [0.15, 0.2) is 0 Å². The molecule has 2 unspecified atom stereocenters. The Hall–Kier alpha value is -0.170. The van der Waals surface area contributed by atoms with Gasteiger partial charge in [0.05, 0.1) is 12.8 Å². The molecular weight excluding hydrogens is 261 g/mol. The third-order valence-corrected chi connectivity index (χ3v) is 3.29. The van der Waals surface area contributed by atoms with Crippen molar-refractivity contribution >= 4 is 26.0 Å². The third kappa shape index (κ3) is 7.16. The Kier molecular flexibility index (Phi) is 10.2. The first-order valence-corrected chi connectivity index (χ1v) is 6.12. The normalized spacial score (nSPS) is 15.9. The second-order valence-electron chi connectivity index (χ2n) is 2.73. The first-order chi connectivity index (χ1) is 6.95. The number of carbonyl (C=O) groups is 1. The minimum atomic E-state index is -3.38. The summed E-state index contributed by atoms with van der Waals surface area (Å²) in [7, 11) is -2.18. The van der Waals surface area contributed by atoms with Gasteiger partial charge in [0, 0.05) is 7.11 Å². The molecule has 98 valence electrons. The van der Waals surface area contributed by atoms with Crippen LogP contribution in [0.3, 0.4) is 0 Å². The van der Waals surface area contributed by atoms with E-state index in [2.05, 4.69) is 14.1 Å². The summed E-state index contributed by atoms with van der Waals surface area (Å²) in [6, 6.07) is -1.08. The molecule has 0 saturated heterocycles. The van der Waals surface area contributed by atoms with Gasteiger partial charge in [0.1, 0.15) is 6.04 Å². The van der Waals surface area contributed by atoms with Crippen LogP contribution in [0, 0.1) is 0 Å². The average molecular weight is 278 g/mol. The summed E-state index contributed by atoms with van der Waals surface area (Å²) in [4.78, 5) is 14.9. The third-order valence-electron chi connectivity index (χ3n) is 1.59. The molecule has 0 aromatic heterocycles. The molecule has 0 rings (SSSR count). The predicted molar refractivity (Wildman–Crippen MR) is 59.7 cm³/mol. The first kappa shape index (κ1) is 18.2. The maximum atomic E-state index is 11.6. The highest BCUT2D eigenvalue weighted by Gasteiger charge is 2.26. The molecule has 0 heterocycles. The summed E-state index contributed by atoms with van der Waals surface area (Å²) in [5, 5.41) is 8.50. The van der Waals surface area contributed by atoms with Crippen LogP contribution in [0.1, 0.15) is 13.3 Å². The maximum absolute atomic E-state index is 11.6. The van der Waals surface area contributed by atoms with Crippen LogP contribution in [0.5, 0.6) is 0 Å². The summed E-state index contributed by atoms with van der Waals surface area (Å²) < 4.78 is 20.8. The molecule has 0 aliphatic carbocycles. The molecule has 7 nitrogen and oxygen atoms in total. The number of rotatable bonds is 8. The van der Waals surface area contributed by atoms with Crippen LogP contribution in [-0.2, 0) is 23.4 Å². The summed E-state index contributed by atoms with van der Waals surface area (Å²) in [5.41, 5.74) is 5.23. The van der Waals surface area contributed by atoms with Crippen molar-refractivity contribution in [1.82, 2.24) is 0 Å². The largest absolute Gasteiger partial charge is 0.480 e. The van der Waals surface area contributed by atoms with Crippen LogP contribution < -0.4 is 5.73 Å². The Morgan fingerprint density at radius 2 is 2.12 bits per heavy atom. The van der Waals surface area contributed by atoms with Crippen molar-refractivity contribution < 1.29 is 28.6 Å². The van der Waals surface area contributed by atoms with E-state index >= 15 is 0 Å². The minimum Gasteiger partial charge on any atom is -0.480 e. The second kappa shape index (κ2) is 8.92. The van der Waals surface area contributed by atoms with Crippen LogP contribution in [0.25, 0.3) is 0 Å². The lowest BCUT2D eigenvalue weighted by Gasteiger charge is -2.15. The standard InChI is InChI=1S/C7H16NO6P.ClH/c1-3-13-14-15(11,12-2)5-4-6(8)7(9)10;/h6H,3-5,8H2,1-2H3,(H,9,10);1H. The molecule has 0 aliphatic heterocycles. The van der Waals surface area contributed by atoms with Gasteiger partial charge in [0.25, 0.3) is 0 Å². The van der Waals surface area contributed by atoms with Crippen molar-refractivity contribution in [3.05, 3.63) is 0 Å². The lowest BCUT2D eigenvalue weighted by atomic mass is 10.2. The molecule has 0 aliphatic rings. The van der Waals surface area contributed by atoms with Gasteiger partial charge in [-0.05, 0) is 13.3 Å². The smallest absolute Gasteiger partial charge is 0.357 e. The number of hydrogen-bond donors (Lipinski definition) is 2. The van der Waals surface area contributed by atoms with Crippen molar-refractivity contribution in [3.8, 4) is 0 Å². The van der Waals surface area contributed by atoms with Crippen LogP contribution >= 0.6 is 20.0 Å². The van der Waals surface area contributed by atoms with Gasteiger partial charge < -0.3 is 15.4 Å². The molecule has 0 amide bonds. The molecule has 9 heteroatoms. The summed E-state index contributed by atoms with van der Waals surface area (Å²) in [6.07, 6.45) is -0.107. The van der Waals surface area contributed by atoms with Gasteiger partial charge in [0.2, 0.25) is 0 Å². The van der Waals surface area contributed by atoms with E-state index in [4.69, 9.17) is 10.8 Å². The van der Waals surface area contributed by atoms with Crippen molar-refractivity contribution in [2.75, 3.05) is 19.9 Å². The van der Waals surface area contributed by atoms with Crippen LogP contribution in [0.2, 0.25) is 0 Å². The van der Waals surface area contributed by atoms with E-state index < -0.39 is 19.6 Å². The molecule has 3 N–H and O–H groups in total. The van der Waals surface area contributed by atoms with E-state index in [0.29, 0.717) is 0 Å². The Bertz CT molecular complexity index is 251. The molecule has 0 fully saturated rings. The van der Waals surface area contributed by atoms with E-state index in [1.54, 1.807) is 6.92 Å². The van der Waals surface area contributed by atoms with Gasteiger partial charge in [-0.3, -0.25) is 9.36 Å². The van der Waals surface area contributed by atoms with E-state index in [9.17, 15) is 9.36 Å². The minimum absolute atomic E-state index is 0. The predicted octanol–water partition coefficient (Wildman–Crippen LogP) is 1.02. The fourth-order valence-corrected chi connectivity index (χ4v) is 1.89. The zero-order valence-corrected chi connectivity index (χ0v) is 10.8. The molecule has 0 saturated carbocycles. The Morgan fingerprint density at radius 1 is 1.56 bits per heavy atom. The topological polar surface area (TPSA) is 108 Å². The average Bonchev–Trinajstić information content (AvgIpc) is 2.22. The zero-order chi connectivity index (χ0) is 11.9. The monoisotopic (exact) mass is 277 g/mol. The van der Waals surface area contributed by atoms with Crippen LogP contribution in [0.4, 0.5) is 0 Å². The fraction of sp³-hybridized carbons (Fsp3) is 0.857. The summed E-state index contributed by atoms with van der Waals surface area (Å²) in [6.45, 7) is 1.88. The van der Waals surface area contributed by atoms with Crippen molar-refractivity contribution in [2.24, 2.45) is 5.73 Å². The summed E-state index contributed by atoms with van der Waals surface area (Å²) in [5.74, 6) is -1.16. The molecule has 0 bridgehead atoms. The lowest BCUT2D eigenvalue weighted by molar-refractivity contribution is -0.209. The van der Waals surface area contributed by atoms with Gasteiger partial charge in [-0.15, -0.1) is 17.1 Å². The molecular formula is C7H17ClNO6P. The number of carboxylic acid groups (broad SMARTS) is 1. The molecule has 0 radical (unpaired) electrons. The van der Waals surface area contributed by atoms with Gasteiger partial charge in [-0.1, -0.05) is 0 Å². The van der Waals surface area contributed by atoms with E-state index in [0.717, 1.165) is 0 Å². The summed E-state index contributed by atoms with van der Waals surface area (Å²) >= 11 is 0. The molecule has 16 heavy (non-hydrogen) atoms. The van der Waals surface area contributed by atoms with E-state index in [1.807, 2.05) is 0 Å². The highest BCUT2D eigenvalue weighted by Crippen LogP contribution is 2.48. The number of halogens is 1. The number of carboxylic acids is 1. The lowest BCUT2D eigenvalue weighted by Crippen LogP contribution is -2.31. The van der Waals surface area contributed by atoms with Crippen molar-refractivity contribution in [3.63, 3.8) is 0 Å². The van der Waals surface area contributed by atoms with Crippen molar-refractivity contribution in [1.29, 1.82) is 0 Å². The van der Waals surface area contributed by atoms with Crippen molar-refractivity contribution in [2.45, 2.75) is 19.4 Å². The maximum Gasteiger partial charge on any atom is 0.357 e. The molecule has 2 atom stereocenters. The quantitative estimate of drug-likeness (QED) is 0.387. The zero-order valence-electron chi connectivity index (χ0n) is 9.12.